The molecular weight excluding hydrogens is 345 g/mol. The third-order valence-electron chi connectivity index (χ3n) is 5.14. The van der Waals surface area contributed by atoms with Gasteiger partial charge >= 0.3 is 0 Å². The molecule has 1 aliphatic carbocycles. The number of benzene rings is 1. The van der Waals surface area contributed by atoms with E-state index < -0.39 is 30.0 Å². The van der Waals surface area contributed by atoms with Crippen molar-refractivity contribution in [3.8, 4) is 0 Å². The minimum Gasteiger partial charge on any atom is -0.383 e. The van der Waals surface area contributed by atoms with Crippen LogP contribution in [0.3, 0.4) is 0 Å². The summed E-state index contributed by atoms with van der Waals surface area (Å²) in [5.74, 6) is -3.44. The fourth-order valence-electron chi connectivity index (χ4n) is 3.52. The van der Waals surface area contributed by atoms with Gasteiger partial charge in [-0.3, -0.25) is 4.79 Å². The van der Waals surface area contributed by atoms with E-state index in [2.05, 4.69) is 9.97 Å². The summed E-state index contributed by atoms with van der Waals surface area (Å²) in [6, 6.07) is 0. The van der Waals surface area contributed by atoms with Crippen molar-refractivity contribution in [3.05, 3.63) is 45.1 Å². The van der Waals surface area contributed by atoms with Crippen LogP contribution in [0.1, 0.15) is 44.7 Å². The second kappa shape index (κ2) is 6.59. The van der Waals surface area contributed by atoms with Gasteiger partial charge in [0, 0.05) is 17.0 Å². The molecule has 0 radical (unpaired) electrons. The molecule has 8 heteroatoms. The summed E-state index contributed by atoms with van der Waals surface area (Å²) in [4.78, 5) is 21.0. The van der Waals surface area contributed by atoms with Crippen LogP contribution in [0, 0.1) is 31.4 Å². The first-order valence-electron chi connectivity index (χ1n) is 8.24. The van der Waals surface area contributed by atoms with Crippen LogP contribution in [0.15, 0.2) is 0 Å². The lowest BCUT2D eigenvalue weighted by Crippen LogP contribution is -2.27. The van der Waals surface area contributed by atoms with E-state index in [-0.39, 0.29) is 40.4 Å². The van der Waals surface area contributed by atoms with E-state index >= 15 is 0 Å². The zero-order valence-corrected chi connectivity index (χ0v) is 14.5. The van der Waals surface area contributed by atoms with E-state index in [1.165, 1.54) is 13.8 Å². The Bertz CT molecular complexity index is 885. The Morgan fingerprint density at radius 2 is 1.85 bits per heavy atom. The molecule has 0 saturated heterocycles. The molecule has 5 nitrogen and oxygen atoms in total. The molecule has 138 valence electrons. The van der Waals surface area contributed by atoms with Gasteiger partial charge in [-0.2, -0.15) is 4.98 Å². The molecular formula is C18H19F3N4O. The second-order valence-corrected chi connectivity index (χ2v) is 6.56. The summed E-state index contributed by atoms with van der Waals surface area (Å²) in [6.45, 7) is 1.85. The van der Waals surface area contributed by atoms with Gasteiger partial charge in [-0.25, -0.2) is 18.2 Å². The quantitative estimate of drug-likeness (QED) is 0.817. The molecule has 3 rings (SSSR count). The maximum atomic E-state index is 14.5. The summed E-state index contributed by atoms with van der Waals surface area (Å²) in [5, 5.41) is 0. The molecule has 0 aliphatic heterocycles. The SMILES string of the molecule is Cc1c(C)c(C(=O)C2CCc3nc(N)nc(N)c3C2)c(F)c(F)c1CF. The van der Waals surface area contributed by atoms with E-state index in [1.54, 1.807) is 0 Å². The number of hydrogen-bond acceptors (Lipinski definition) is 5. The summed E-state index contributed by atoms with van der Waals surface area (Å²) in [7, 11) is 0. The van der Waals surface area contributed by atoms with Gasteiger partial charge in [-0.05, 0) is 44.2 Å². The van der Waals surface area contributed by atoms with E-state index in [9.17, 15) is 18.0 Å². The number of nitrogens with zero attached hydrogens (tertiary/aromatic N) is 2. The number of alkyl halides is 1. The highest BCUT2D eigenvalue weighted by Crippen LogP contribution is 2.33. The molecule has 2 aromatic rings. The predicted octanol–water partition coefficient (Wildman–Crippen LogP) is 2.99. The average molecular weight is 364 g/mol. The number of nitrogens with two attached hydrogens (primary N) is 2. The molecule has 1 unspecified atom stereocenters. The zero-order chi connectivity index (χ0) is 19.2. The number of aromatic nitrogens is 2. The van der Waals surface area contributed by atoms with Crippen molar-refractivity contribution in [2.45, 2.75) is 39.8 Å². The maximum Gasteiger partial charge on any atom is 0.222 e. The summed E-state index contributed by atoms with van der Waals surface area (Å²) in [6.07, 6.45) is 1.07. The molecule has 4 N–H and O–H groups in total. The topological polar surface area (TPSA) is 94.9 Å². The highest BCUT2D eigenvalue weighted by Gasteiger charge is 2.33. The second-order valence-electron chi connectivity index (χ2n) is 6.56. The molecule has 0 bridgehead atoms. The van der Waals surface area contributed by atoms with Gasteiger partial charge in [0.25, 0.3) is 0 Å². The Hall–Kier alpha value is -2.64. The number of Topliss-reactive ketones (excluding diaryl/α,β-unsaturated/α-hetero) is 1. The summed E-state index contributed by atoms with van der Waals surface area (Å²) in [5.41, 5.74) is 12.6. The van der Waals surface area contributed by atoms with Crippen LogP contribution < -0.4 is 11.5 Å². The normalized spacial score (nSPS) is 16.4. The highest BCUT2D eigenvalue weighted by molar-refractivity contribution is 6.00. The van der Waals surface area contributed by atoms with Gasteiger partial charge in [-0.1, -0.05) is 0 Å². The largest absolute Gasteiger partial charge is 0.383 e. The van der Waals surface area contributed by atoms with Crippen LogP contribution in [0.2, 0.25) is 0 Å². The summed E-state index contributed by atoms with van der Waals surface area (Å²) < 4.78 is 41.7. The van der Waals surface area contributed by atoms with Crippen LogP contribution >= 0.6 is 0 Å². The number of nitrogen functional groups attached to an aromatic ring is 2. The smallest absolute Gasteiger partial charge is 0.222 e. The minimum absolute atomic E-state index is 0.0624. The van der Waals surface area contributed by atoms with Gasteiger partial charge in [0.15, 0.2) is 17.4 Å². The summed E-state index contributed by atoms with van der Waals surface area (Å²) >= 11 is 0. The van der Waals surface area contributed by atoms with Crippen LogP contribution in [0.5, 0.6) is 0 Å². The first-order chi connectivity index (χ1) is 12.3. The number of carbonyl (C=O) groups excluding carboxylic acids is 1. The molecule has 1 atom stereocenters. The Morgan fingerprint density at radius 3 is 2.50 bits per heavy atom. The van der Waals surface area contributed by atoms with Crippen molar-refractivity contribution < 1.29 is 18.0 Å². The number of hydrogen-bond donors (Lipinski definition) is 2. The fraction of sp³-hybridized carbons (Fsp3) is 0.389. The van der Waals surface area contributed by atoms with Crippen LogP contribution in [0.25, 0.3) is 0 Å². The molecule has 0 saturated carbocycles. The van der Waals surface area contributed by atoms with E-state index in [0.717, 1.165) is 0 Å². The Balaban J connectivity index is 2.01. The fourth-order valence-corrected chi connectivity index (χ4v) is 3.52. The minimum atomic E-state index is -1.30. The first-order valence-corrected chi connectivity index (χ1v) is 8.24. The third-order valence-corrected chi connectivity index (χ3v) is 5.14. The monoisotopic (exact) mass is 364 g/mol. The van der Waals surface area contributed by atoms with Crippen molar-refractivity contribution in [2.24, 2.45) is 5.92 Å². The zero-order valence-electron chi connectivity index (χ0n) is 14.5. The lowest BCUT2D eigenvalue weighted by Gasteiger charge is -2.25. The van der Waals surface area contributed by atoms with E-state index in [0.29, 0.717) is 24.1 Å². The molecule has 0 fully saturated rings. The molecule has 0 spiro atoms. The molecule has 1 aromatic carbocycles. The van der Waals surface area contributed by atoms with Gasteiger partial charge in [0.1, 0.15) is 12.5 Å². The number of carbonyl (C=O) groups is 1. The van der Waals surface area contributed by atoms with Crippen molar-refractivity contribution in [3.63, 3.8) is 0 Å². The van der Waals surface area contributed by atoms with Gasteiger partial charge < -0.3 is 11.5 Å². The van der Waals surface area contributed by atoms with Crippen LogP contribution in [-0.2, 0) is 19.5 Å². The van der Waals surface area contributed by atoms with E-state index in [1.807, 2.05) is 0 Å². The molecule has 0 amide bonds. The number of ketones is 1. The Kier molecular flexibility index (Phi) is 4.60. The van der Waals surface area contributed by atoms with Crippen LogP contribution in [0.4, 0.5) is 24.9 Å². The average Bonchev–Trinajstić information content (AvgIpc) is 2.60. The number of anilines is 2. The molecule has 1 aromatic heterocycles. The van der Waals surface area contributed by atoms with Crippen molar-refractivity contribution in [1.29, 1.82) is 0 Å². The Morgan fingerprint density at radius 1 is 1.15 bits per heavy atom. The lowest BCUT2D eigenvalue weighted by molar-refractivity contribution is 0.0902. The predicted molar refractivity (Wildman–Crippen MR) is 91.3 cm³/mol. The third kappa shape index (κ3) is 2.79. The van der Waals surface area contributed by atoms with Crippen molar-refractivity contribution in [1.82, 2.24) is 9.97 Å². The standard InChI is InChI=1S/C18H19F3N4O/c1-7-8(2)13(15(21)14(20)11(7)6-19)16(26)9-3-4-12-10(5-9)17(22)25-18(23)24-12/h9H,3-6H2,1-2H3,(H4,22,23,24,25). The van der Waals surface area contributed by atoms with Gasteiger partial charge in [0.05, 0.1) is 11.3 Å². The highest BCUT2D eigenvalue weighted by atomic mass is 19.2. The first kappa shape index (κ1) is 18.2. The number of halogens is 3. The van der Waals surface area contributed by atoms with E-state index in [4.69, 9.17) is 11.5 Å². The molecule has 1 heterocycles. The van der Waals surface area contributed by atoms with Gasteiger partial charge in [-0.15, -0.1) is 0 Å². The number of fused-ring (bicyclic) bond motifs is 1. The van der Waals surface area contributed by atoms with Crippen molar-refractivity contribution >= 4 is 17.5 Å². The number of aryl methyl sites for hydroxylation is 1. The van der Waals surface area contributed by atoms with Gasteiger partial charge in [0.2, 0.25) is 5.95 Å². The molecule has 1 aliphatic rings. The lowest BCUT2D eigenvalue weighted by atomic mass is 9.80. The number of rotatable bonds is 3. The molecule has 26 heavy (non-hydrogen) atoms. The Labute approximate surface area is 148 Å². The maximum absolute atomic E-state index is 14.5. The van der Waals surface area contributed by atoms with Crippen molar-refractivity contribution in [2.75, 3.05) is 11.5 Å². The van der Waals surface area contributed by atoms with Crippen LogP contribution in [-0.4, -0.2) is 15.8 Å².